The zero-order chi connectivity index (χ0) is 20.8. The van der Waals surface area contributed by atoms with Crippen LogP contribution in [-0.4, -0.2) is 54.0 Å². The standard InChI is InChI=1S/C17H20N2O9/c1-9(20)26-14-8-25-17(16(28-11(3)22)15(14)27-10(2)21)18-12-6-4-5-7-13(12)19(23)24/h4-7,14-18H,8H2,1-3H3/t14-,15+,16-,17-/m1/s1. The zero-order valence-corrected chi connectivity index (χ0v) is 15.4. The summed E-state index contributed by atoms with van der Waals surface area (Å²) in [6.45, 7) is 3.27. The van der Waals surface area contributed by atoms with E-state index in [2.05, 4.69) is 5.32 Å². The van der Waals surface area contributed by atoms with Crippen LogP contribution in [-0.2, 0) is 33.3 Å². The molecule has 1 aromatic rings. The van der Waals surface area contributed by atoms with Gasteiger partial charge in [-0.1, -0.05) is 12.1 Å². The molecule has 28 heavy (non-hydrogen) atoms. The third-order valence-electron chi connectivity index (χ3n) is 3.75. The molecule has 1 heterocycles. The van der Waals surface area contributed by atoms with Gasteiger partial charge in [-0.2, -0.15) is 0 Å². The normalized spacial score (nSPS) is 24.0. The van der Waals surface area contributed by atoms with Crippen molar-refractivity contribution in [2.24, 2.45) is 0 Å². The summed E-state index contributed by atoms with van der Waals surface area (Å²) < 4.78 is 21.1. The number of ether oxygens (including phenoxy) is 4. The van der Waals surface area contributed by atoms with Gasteiger partial charge in [0.2, 0.25) is 0 Å². The Morgan fingerprint density at radius 1 is 1.04 bits per heavy atom. The van der Waals surface area contributed by atoms with Crippen molar-refractivity contribution in [1.29, 1.82) is 0 Å². The predicted molar refractivity (Wildman–Crippen MR) is 93.1 cm³/mol. The van der Waals surface area contributed by atoms with Gasteiger partial charge < -0.3 is 24.3 Å². The summed E-state index contributed by atoms with van der Waals surface area (Å²) in [5, 5.41) is 14.0. The second-order valence-electron chi connectivity index (χ2n) is 5.97. The molecular formula is C17H20N2O9. The first kappa shape index (κ1) is 21.1. The number of nitro benzene ring substituents is 1. The summed E-state index contributed by atoms with van der Waals surface area (Å²) in [4.78, 5) is 45.1. The Bertz CT molecular complexity index is 767. The Kier molecular flexibility index (Phi) is 6.88. The molecule has 1 fully saturated rings. The van der Waals surface area contributed by atoms with Gasteiger partial charge in [-0.3, -0.25) is 24.5 Å². The van der Waals surface area contributed by atoms with E-state index in [0.717, 1.165) is 13.8 Å². The molecule has 0 unspecified atom stereocenters. The van der Waals surface area contributed by atoms with Gasteiger partial charge in [-0.05, 0) is 6.07 Å². The van der Waals surface area contributed by atoms with Crippen LogP contribution >= 0.6 is 0 Å². The third-order valence-corrected chi connectivity index (χ3v) is 3.75. The van der Waals surface area contributed by atoms with E-state index in [1.807, 2.05) is 0 Å². The van der Waals surface area contributed by atoms with Crippen molar-refractivity contribution in [1.82, 2.24) is 0 Å². The smallest absolute Gasteiger partial charge is 0.303 e. The Labute approximate surface area is 160 Å². The lowest BCUT2D eigenvalue weighted by Crippen LogP contribution is -2.59. The largest absolute Gasteiger partial charge is 0.456 e. The molecule has 1 aromatic carbocycles. The molecule has 1 aliphatic heterocycles. The lowest BCUT2D eigenvalue weighted by Gasteiger charge is -2.40. The summed E-state index contributed by atoms with van der Waals surface area (Å²) in [5.74, 6) is -2.04. The fraction of sp³-hybridized carbons (Fsp3) is 0.471. The SMILES string of the molecule is CC(=O)O[C@@H]1[C@@H](OC(C)=O)[C@H](OC(C)=O)CO[C@H]1Nc1ccccc1[N+](=O)[O-]. The summed E-state index contributed by atoms with van der Waals surface area (Å²) in [6, 6.07) is 5.81. The third kappa shape index (κ3) is 5.39. The Balaban J connectivity index is 2.34. The monoisotopic (exact) mass is 396 g/mol. The molecule has 0 spiro atoms. The summed E-state index contributed by atoms with van der Waals surface area (Å²) in [7, 11) is 0. The molecule has 0 radical (unpaired) electrons. The molecule has 1 saturated heterocycles. The molecule has 0 aliphatic carbocycles. The second kappa shape index (κ2) is 9.13. The van der Waals surface area contributed by atoms with Crippen LogP contribution in [0.1, 0.15) is 20.8 Å². The maximum absolute atomic E-state index is 11.6. The van der Waals surface area contributed by atoms with Crippen LogP contribution in [0.5, 0.6) is 0 Å². The number of carbonyl (C=O) groups is 3. The molecular weight excluding hydrogens is 376 g/mol. The molecule has 0 saturated carbocycles. The number of nitrogens with zero attached hydrogens (tertiary/aromatic N) is 1. The van der Waals surface area contributed by atoms with Gasteiger partial charge in [0, 0.05) is 26.8 Å². The first-order valence-corrected chi connectivity index (χ1v) is 8.32. The van der Waals surface area contributed by atoms with Crippen molar-refractivity contribution in [3.63, 3.8) is 0 Å². The van der Waals surface area contributed by atoms with Crippen LogP contribution in [0.25, 0.3) is 0 Å². The highest BCUT2D eigenvalue weighted by atomic mass is 16.6. The van der Waals surface area contributed by atoms with Crippen molar-refractivity contribution in [2.75, 3.05) is 11.9 Å². The Morgan fingerprint density at radius 2 is 1.61 bits per heavy atom. The van der Waals surface area contributed by atoms with E-state index < -0.39 is 47.4 Å². The molecule has 4 atom stereocenters. The molecule has 1 aliphatic rings. The average Bonchev–Trinajstić information content (AvgIpc) is 2.59. The first-order chi connectivity index (χ1) is 13.2. The topological polar surface area (TPSA) is 143 Å². The highest BCUT2D eigenvalue weighted by Gasteiger charge is 2.47. The molecule has 0 bridgehead atoms. The van der Waals surface area contributed by atoms with E-state index in [9.17, 15) is 24.5 Å². The minimum absolute atomic E-state index is 0.113. The van der Waals surface area contributed by atoms with Gasteiger partial charge in [0.15, 0.2) is 24.5 Å². The highest BCUT2D eigenvalue weighted by Crippen LogP contribution is 2.29. The van der Waals surface area contributed by atoms with Gasteiger partial charge >= 0.3 is 17.9 Å². The average molecular weight is 396 g/mol. The number of carbonyl (C=O) groups excluding carboxylic acids is 3. The first-order valence-electron chi connectivity index (χ1n) is 8.32. The minimum atomic E-state index is -1.22. The summed E-state index contributed by atoms with van der Waals surface area (Å²) in [5.41, 5.74) is -0.110. The lowest BCUT2D eigenvalue weighted by molar-refractivity contribution is -0.384. The van der Waals surface area contributed by atoms with Gasteiger partial charge in [0.05, 0.1) is 11.5 Å². The molecule has 152 valence electrons. The fourth-order valence-corrected chi connectivity index (χ4v) is 2.77. The van der Waals surface area contributed by atoms with Crippen LogP contribution in [0.2, 0.25) is 0 Å². The fourth-order valence-electron chi connectivity index (χ4n) is 2.77. The van der Waals surface area contributed by atoms with Crippen LogP contribution in [0.4, 0.5) is 11.4 Å². The number of para-hydroxylation sites is 2. The Morgan fingerprint density at radius 3 is 2.18 bits per heavy atom. The molecule has 1 N–H and O–H groups in total. The van der Waals surface area contributed by atoms with Crippen molar-refractivity contribution in [2.45, 2.75) is 45.3 Å². The van der Waals surface area contributed by atoms with E-state index in [4.69, 9.17) is 18.9 Å². The van der Waals surface area contributed by atoms with Gasteiger partial charge in [-0.25, -0.2) is 0 Å². The van der Waals surface area contributed by atoms with Crippen LogP contribution in [0, 0.1) is 10.1 Å². The maximum Gasteiger partial charge on any atom is 0.303 e. The quantitative estimate of drug-likeness (QED) is 0.322. The molecule has 2 rings (SSSR count). The second-order valence-corrected chi connectivity index (χ2v) is 5.97. The Hall–Kier alpha value is -3.21. The van der Waals surface area contributed by atoms with E-state index >= 15 is 0 Å². The van der Waals surface area contributed by atoms with E-state index in [1.54, 1.807) is 6.07 Å². The summed E-state index contributed by atoms with van der Waals surface area (Å²) in [6.07, 6.45) is -4.51. The molecule has 0 aromatic heterocycles. The van der Waals surface area contributed by atoms with Crippen LogP contribution in [0.15, 0.2) is 24.3 Å². The number of benzene rings is 1. The number of hydrogen-bond acceptors (Lipinski definition) is 10. The minimum Gasteiger partial charge on any atom is -0.456 e. The lowest BCUT2D eigenvalue weighted by atomic mass is 10.0. The molecule has 11 heteroatoms. The number of anilines is 1. The predicted octanol–water partition coefficient (Wildman–Crippen LogP) is 1.16. The zero-order valence-electron chi connectivity index (χ0n) is 15.4. The highest BCUT2D eigenvalue weighted by molar-refractivity contribution is 5.69. The van der Waals surface area contributed by atoms with E-state index in [-0.39, 0.29) is 18.0 Å². The van der Waals surface area contributed by atoms with E-state index in [1.165, 1.54) is 25.1 Å². The van der Waals surface area contributed by atoms with Crippen LogP contribution < -0.4 is 5.32 Å². The number of rotatable bonds is 6. The van der Waals surface area contributed by atoms with Gasteiger partial charge in [0.25, 0.3) is 5.69 Å². The number of nitro groups is 1. The molecule has 0 amide bonds. The van der Waals surface area contributed by atoms with Crippen molar-refractivity contribution >= 4 is 29.3 Å². The summed E-state index contributed by atoms with van der Waals surface area (Å²) >= 11 is 0. The van der Waals surface area contributed by atoms with Crippen molar-refractivity contribution in [3.8, 4) is 0 Å². The van der Waals surface area contributed by atoms with Crippen LogP contribution in [0.3, 0.4) is 0 Å². The van der Waals surface area contributed by atoms with Gasteiger partial charge in [0.1, 0.15) is 5.69 Å². The number of esters is 3. The van der Waals surface area contributed by atoms with Gasteiger partial charge in [-0.15, -0.1) is 0 Å². The number of hydrogen-bond donors (Lipinski definition) is 1. The number of nitrogens with one attached hydrogen (secondary N) is 1. The maximum atomic E-state index is 11.6. The van der Waals surface area contributed by atoms with Crippen molar-refractivity contribution < 1.29 is 38.3 Å². The van der Waals surface area contributed by atoms with Crippen molar-refractivity contribution in [3.05, 3.63) is 34.4 Å². The molecule has 11 nitrogen and oxygen atoms in total. The van der Waals surface area contributed by atoms with E-state index in [0.29, 0.717) is 0 Å².